The molecule has 0 bridgehead atoms. The quantitative estimate of drug-likeness (QED) is 0.225. The zero-order valence-electron chi connectivity index (χ0n) is 12.3. The summed E-state index contributed by atoms with van der Waals surface area (Å²) in [6.07, 6.45) is 6.14. The summed E-state index contributed by atoms with van der Waals surface area (Å²) in [5.41, 5.74) is 13.3. The van der Waals surface area contributed by atoms with E-state index in [1.807, 2.05) is 35.6 Å². The fraction of sp³-hybridized carbons (Fsp3) is 0.286. The van der Waals surface area contributed by atoms with Crippen LogP contribution in [-0.4, -0.2) is 28.2 Å². The SMILES string of the molecule is Cn1ccc2n1cc[n+]2Cc1cc(C(N)=NOCCN)cs1. The van der Waals surface area contributed by atoms with E-state index < -0.39 is 0 Å². The summed E-state index contributed by atoms with van der Waals surface area (Å²) in [6, 6.07) is 4.12. The number of hydrogen-bond acceptors (Lipinski definition) is 4. The van der Waals surface area contributed by atoms with E-state index in [2.05, 4.69) is 26.5 Å². The highest BCUT2D eigenvalue weighted by molar-refractivity contribution is 7.10. The molecule has 0 atom stereocenters. The second-order valence-corrected chi connectivity index (χ2v) is 5.91. The van der Waals surface area contributed by atoms with Crippen LogP contribution in [0.15, 0.2) is 41.3 Å². The van der Waals surface area contributed by atoms with Crippen molar-refractivity contribution in [2.24, 2.45) is 23.7 Å². The Morgan fingerprint density at radius 1 is 1.45 bits per heavy atom. The minimum Gasteiger partial charge on any atom is -0.393 e. The molecule has 22 heavy (non-hydrogen) atoms. The van der Waals surface area contributed by atoms with Crippen LogP contribution in [0.2, 0.25) is 0 Å². The van der Waals surface area contributed by atoms with Gasteiger partial charge in [0.1, 0.15) is 19.3 Å². The van der Waals surface area contributed by atoms with Crippen molar-refractivity contribution < 1.29 is 9.40 Å². The minimum atomic E-state index is 0.365. The van der Waals surface area contributed by atoms with Crippen molar-refractivity contribution in [3.63, 3.8) is 0 Å². The fourth-order valence-electron chi connectivity index (χ4n) is 2.23. The van der Waals surface area contributed by atoms with E-state index in [9.17, 15) is 0 Å². The molecule has 3 heterocycles. The Bertz CT molecular complexity index is 799. The number of thiophene rings is 1. The molecule has 0 radical (unpaired) electrons. The Labute approximate surface area is 132 Å². The van der Waals surface area contributed by atoms with E-state index in [1.54, 1.807) is 11.3 Å². The summed E-state index contributed by atoms with van der Waals surface area (Å²) < 4.78 is 6.31. The third kappa shape index (κ3) is 2.83. The van der Waals surface area contributed by atoms with Crippen molar-refractivity contribution in [1.82, 2.24) is 9.20 Å². The van der Waals surface area contributed by atoms with E-state index in [4.69, 9.17) is 16.3 Å². The molecule has 8 heteroatoms. The summed E-state index contributed by atoms with van der Waals surface area (Å²) in [5, 5.41) is 5.84. The summed E-state index contributed by atoms with van der Waals surface area (Å²) >= 11 is 1.65. The molecule has 0 aliphatic carbocycles. The van der Waals surface area contributed by atoms with Crippen molar-refractivity contribution in [2.75, 3.05) is 13.2 Å². The number of aromatic nitrogens is 3. The molecule has 0 saturated heterocycles. The van der Waals surface area contributed by atoms with Crippen LogP contribution in [-0.2, 0) is 18.4 Å². The lowest BCUT2D eigenvalue weighted by molar-refractivity contribution is -0.661. The molecule has 0 amide bonds. The molecule has 0 aromatic carbocycles. The van der Waals surface area contributed by atoms with Gasteiger partial charge >= 0.3 is 5.65 Å². The molecule has 0 unspecified atom stereocenters. The van der Waals surface area contributed by atoms with E-state index >= 15 is 0 Å². The van der Waals surface area contributed by atoms with Gasteiger partial charge in [-0.15, -0.1) is 15.9 Å². The van der Waals surface area contributed by atoms with Gasteiger partial charge in [-0.1, -0.05) is 5.16 Å². The van der Waals surface area contributed by atoms with Crippen molar-refractivity contribution in [3.05, 3.63) is 46.5 Å². The predicted molar refractivity (Wildman–Crippen MR) is 85.7 cm³/mol. The topological polar surface area (TPSA) is 86.8 Å². The second-order valence-electron chi connectivity index (χ2n) is 4.92. The Morgan fingerprint density at radius 2 is 2.32 bits per heavy atom. The van der Waals surface area contributed by atoms with Crippen LogP contribution >= 0.6 is 11.3 Å². The maximum absolute atomic E-state index is 5.89. The van der Waals surface area contributed by atoms with Crippen LogP contribution < -0.4 is 16.0 Å². The molecule has 3 aromatic rings. The van der Waals surface area contributed by atoms with Gasteiger partial charge in [0.15, 0.2) is 12.0 Å². The van der Waals surface area contributed by atoms with Gasteiger partial charge in [-0.25, -0.2) is 9.25 Å². The van der Waals surface area contributed by atoms with E-state index in [0.29, 0.717) is 19.0 Å². The van der Waals surface area contributed by atoms with Crippen molar-refractivity contribution in [3.8, 4) is 0 Å². The number of rotatable bonds is 6. The molecule has 0 aliphatic heterocycles. The van der Waals surface area contributed by atoms with Crippen LogP contribution in [0.5, 0.6) is 0 Å². The third-order valence-electron chi connectivity index (χ3n) is 3.34. The predicted octanol–water partition coefficient (Wildman–Crippen LogP) is 0.271. The Kier molecular flexibility index (Phi) is 4.12. The van der Waals surface area contributed by atoms with Crippen LogP contribution in [0, 0.1) is 0 Å². The summed E-state index contributed by atoms with van der Waals surface area (Å²) in [7, 11) is 2.01. The van der Waals surface area contributed by atoms with E-state index in [-0.39, 0.29) is 0 Å². The first-order valence-electron chi connectivity index (χ1n) is 6.94. The number of imidazole rings is 1. The normalized spacial score (nSPS) is 12.2. The highest BCUT2D eigenvalue weighted by atomic mass is 32.1. The number of hydrogen-bond donors (Lipinski definition) is 2. The van der Waals surface area contributed by atoms with Gasteiger partial charge in [-0.3, -0.25) is 0 Å². The van der Waals surface area contributed by atoms with Crippen LogP contribution in [0.25, 0.3) is 5.65 Å². The highest BCUT2D eigenvalue weighted by Gasteiger charge is 2.14. The van der Waals surface area contributed by atoms with Crippen molar-refractivity contribution >= 4 is 22.8 Å². The maximum Gasteiger partial charge on any atom is 0.307 e. The van der Waals surface area contributed by atoms with Gasteiger partial charge < -0.3 is 16.3 Å². The molecule has 0 aliphatic rings. The monoisotopic (exact) mass is 319 g/mol. The molecular formula is C14H19N6OS+. The number of fused-ring (bicyclic) bond motifs is 1. The number of nitrogens with two attached hydrogens (primary N) is 2. The molecule has 3 aromatic heterocycles. The summed E-state index contributed by atoms with van der Waals surface area (Å²) in [6.45, 7) is 1.58. The lowest BCUT2D eigenvalue weighted by Crippen LogP contribution is -2.32. The molecule has 0 spiro atoms. The standard InChI is InChI=1S/C14H19N6OS/c1-18-4-2-13-19(5-6-20(13)18)9-12-8-11(10-22-12)14(16)17-21-7-3-15/h2,4-6,8,10H,3,7,9,15H2,1H3,(H2,16,17)/q+1. The molecular weight excluding hydrogens is 300 g/mol. The maximum atomic E-state index is 5.89. The van der Waals surface area contributed by atoms with Crippen molar-refractivity contribution in [1.29, 1.82) is 0 Å². The first kappa shape index (κ1) is 14.6. The third-order valence-corrected chi connectivity index (χ3v) is 4.27. The lowest BCUT2D eigenvalue weighted by Gasteiger charge is -1.98. The van der Waals surface area contributed by atoms with E-state index in [0.717, 1.165) is 17.8 Å². The number of aryl methyl sites for hydroxylation is 1. The minimum absolute atomic E-state index is 0.365. The number of amidine groups is 1. The Hall–Kier alpha value is -2.32. The lowest BCUT2D eigenvalue weighted by atomic mass is 10.3. The molecule has 116 valence electrons. The van der Waals surface area contributed by atoms with Crippen LogP contribution in [0.4, 0.5) is 0 Å². The van der Waals surface area contributed by atoms with Gasteiger partial charge in [0.25, 0.3) is 0 Å². The first-order chi connectivity index (χ1) is 10.7. The van der Waals surface area contributed by atoms with Gasteiger partial charge in [0, 0.05) is 41.7 Å². The van der Waals surface area contributed by atoms with Crippen LogP contribution in [0.3, 0.4) is 0 Å². The number of oxime groups is 1. The van der Waals surface area contributed by atoms with Crippen molar-refractivity contribution in [2.45, 2.75) is 6.54 Å². The smallest absolute Gasteiger partial charge is 0.307 e. The zero-order chi connectivity index (χ0) is 15.5. The number of nitrogens with zero attached hydrogens (tertiary/aromatic N) is 4. The van der Waals surface area contributed by atoms with E-state index in [1.165, 1.54) is 4.88 Å². The average Bonchev–Trinajstić information content (AvgIpc) is 3.20. The zero-order valence-corrected chi connectivity index (χ0v) is 13.2. The average molecular weight is 319 g/mol. The summed E-state index contributed by atoms with van der Waals surface area (Å²) in [4.78, 5) is 6.21. The molecule has 4 N–H and O–H groups in total. The molecule has 7 nitrogen and oxygen atoms in total. The summed E-state index contributed by atoms with van der Waals surface area (Å²) in [5.74, 6) is 0.377. The molecule has 0 fully saturated rings. The van der Waals surface area contributed by atoms with Gasteiger partial charge in [-0.2, -0.15) is 0 Å². The molecule has 3 rings (SSSR count). The van der Waals surface area contributed by atoms with Gasteiger partial charge in [-0.05, 0) is 6.07 Å². The largest absolute Gasteiger partial charge is 0.393 e. The molecule has 0 saturated carbocycles. The van der Waals surface area contributed by atoms with Gasteiger partial charge in [0.2, 0.25) is 0 Å². The van der Waals surface area contributed by atoms with Gasteiger partial charge in [0.05, 0.1) is 0 Å². The first-order valence-corrected chi connectivity index (χ1v) is 7.82. The highest BCUT2D eigenvalue weighted by Crippen LogP contribution is 2.15. The van der Waals surface area contributed by atoms with Crippen LogP contribution in [0.1, 0.15) is 10.4 Å². The second kappa shape index (κ2) is 6.20. The fourth-order valence-corrected chi connectivity index (χ4v) is 3.11. The Balaban J connectivity index is 1.75. The Morgan fingerprint density at radius 3 is 3.14 bits per heavy atom.